The first-order valence-electron chi connectivity index (χ1n) is 12.9. The number of nitrogens with zero attached hydrogens (tertiary/aromatic N) is 2. The molecule has 1 spiro atoms. The zero-order chi connectivity index (χ0) is 29.6. The van der Waals surface area contributed by atoms with Crippen LogP contribution in [0.2, 0.25) is 0 Å². The van der Waals surface area contributed by atoms with Gasteiger partial charge in [-0.3, -0.25) is 19.8 Å². The Hall–Kier alpha value is -5.20. The monoisotopic (exact) mass is 576 g/mol. The molecule has 3 aromatic rings. The zero-order valence-electron chi connectivity index (χ0n) is 21.8. The topological polar surface area (TPSA) is 132 Å². The quantitative estimate of drug-likeness (QED) is 0.355. The number of hydrogen-bond donors (Lipinski definition) is 4. The predicted molar refractivity (Wildman–Crippen MR) is 146 cm³/mol. The van der Waals surface area contributed by atoms with E-state index in [2.05, 4.69) is 26.3 Å². The van der Waals surface area contributed by atoms with Crippen molar-refractivity contribution in [1.82, 2.24) is 16.0 Å². The molecule has 1 fully saturated rings. The molecule has 6 rings (SSSR count). The largest absolute Gasteiger partial charge is 0.406 e. The number of carbonyl (C=O) groups is 4. The smallest absolute Gasteiger partial charge is 0.323 e. The van der Waals surface area contributed by atoms with E-state index in [4.69, 9.17) is 0 Å². The van der Waals surface area contributed by atoms with Crippen LogP contribution in [-0.2, 0) is 22.4 Å². The fourth-order valence-electron chi connectivity index (χ4n) is 5.51. The molecule has 214 valence electrons. The van der Waals surface area contributed by atoms with E-state index in [0.29, 0.717) is 21.7 Å². The number of hydrogen-bond acceptors (Lipinski definition) is 5. The number of rotatable bonds is 4. The van der Waals surface area contributed by atoms with Gasteiger partial charge in [-0.15, -0.1) is 0 Å². The second kappa shape index (κ2) is 10.0. The van der Waals surface area contributed by atoms with E-state index in [1.807, 2.05) is 0 Å². The van der Waals surface area contributed by atoms with Gasteiger partial charge in [0.1, 0.15) is 12.1 Å². The fourth-order valence-corrected chi connectivity index (χ4v) is 5.51. The number of anilines is 2. The van der Waals surface area contributed by atoms with Gasteiger partial charge in [-0.1, -0.05) is 54.6 Å². The Morgan fingerprint density at radius 1 is 0.976 bits per heavy atom. The molecule has 3 aliphatic rings. The lowest BCUT2D eigenvalue weighted by molar-refractivity contribution is -0.133. The maximum absolute atomic E-state index is 13.6. The van der Waals surface area contributed by atoms with Crippen molar-refractivity contribution >= 4 is 41.0 Å². The van der Waals surface area contributed by atoms with Crippen LogP contribution in [0.25, 0.3) is 0 Å². The molecule has 0 aromatic heterocycles. The van der Waals surface area contributed by atoms with E-state index < -0.39 is 48.3 Å². The number of carbonyl (C=O) groups excluding carboxylic acids is 4. The summed E-state index contributed by atoms with van der Waals surface area (Å²) in [5.41, 5.74) is 1.89. The molecule has 2 aliphatic heterocycles. The van der Waals surface area contributed by atoms with Crippen molar-refractivity contribution in [3.8, 4) is 0 Å². The minimum absolute atomic E-state index is 0.0164. The SMILES string of the molecule is O=C(Nc1ccc2c(c1)CC1(C2)NC(=O)NC1=O)N[C@@H]1N=C(c2ccccc2)c2ccccc2N(CC(F)(F)F)C1=O. The second-order valence-corrected chi connectivity index (χ2v) is 10.2. The van der Waals surface area contributed by atoms with Crippen molar-refractivity contribution in [3.05, 3.63) is 95.1 Å². The summed E-state index contributed by atoms with van der Waals surface area (Å²) in [6, 6.07) is 18.3. The van der Waals surface area contributed by atoms with Crippen LogP contribution >= 0.6 is 0 Å². The number of amides is 6. The molecule has 1 saturated heterocycles. The molecule has 0 bridgehead atoms. The van der Waals surface area contributed by atoms with Gasteiger partial charge < -0.3 is 16.0 Å². The van der Waals surface area contributed by atoms with E-state index >= 15 is 0 Å². The Kier molecular flexibility index (Phi) is 6.44. The maximum atomic E-state index is 13.6. The Labute approximate surface area is 237 Å². The highest BCUT2D eigenvalue weighted by Gasteiger charge is 2.50. The molecular formula is C29H23F3N6O4. The fraction of sp³-hybridized carbons (Fsp3) is 0.207. The summed E-state index contributed by atoms with van der Waals surface area (Å²) in [7, 11) is 0. The first-order valence-corrected chi connectivity index (χ1v) is 12.9. The first-order chi connectivity index (χ1) is 20.0. The van der Waals surface area contributed by atoms with Gasteiger partial charge in [0.25, 0.3) is 11.8 Å². The van der Waals surface area contributed by atoms with Crippen LogP contribution in [0.1, 0.15) is 22.3 Å². The molecule has 10 nitrogen and oxygen atoms in total. The zero-order valence-corrected chi connectivity index (χ0v) is 21.8. The number of benzodiazepines with no additional fused rings is 1. The molecule has 2 atom stereocenters. The summed E-state index contributed by atoms with van der Waals surface area (Å²) >= 11 is 0. The highest BCUT2D eigenvalue weighted by molar-refractivity contribution is 6.20. The molecule has 1 aliphatic carbocycles. The molecule has 1 unspecified atom stereocenters. The third kappa shape index (κ3) is 5.04. The lowest BCUT2D eigenvalue weighted by Crippen LogP contribution is -2.50. The minimum atomic E-state index is -4.72. The number of benzene rings is 3. The van der Waals surface area contributed by atoms with Gasteiger partial charge in [-0.25, -0.2) is 14.6 Å². The number of nitrogens with one attached hydrogen (secondary N) is 4. The summed E-state index contributed by atoms with van der Waals surface area (Å²) in [4.78, 5) is 55.7. The van der Waals surface area contributed by atoms with Gasteiger partial charge in [0.15, 0.2) is 0 Å². The summed E-state index contributed by atoms with van der Waals surface area (Å²) in [6.07, 6.45) is -5.89. The molecular weight excluding hydrogens is 553 g/mol. The summed E-state index contributed by atoms with van der Waals surface area (Å²) in [5.74, 6) is -1.49. The number of alkyl halides is 3. The van der Waals surface area contributed by atoms with Gasteiger partial charge in [0.05, 0.1) is 11.4 Å². The van der Waals surface area contributed by atoms with E-state index in [9.17, 15) is 32.3 Å². The number of aliphatic imine (C=N–C) groups is 1. The average molecular weight is 577 g/mol. The van der Waals surface area contributed by atoms with Crippen molar-refractivity contribution in [2.24, 2.45) is 4.99 Å². The van der Waals surface area contributed by atoms with Crippen LogP contribution in [-0.4, -0.2) is 54.0 Å². The molecule has 4 N–H and O–H groups in total. The molecule has 13 heteroatoms. The Morgan fingerprint density at radius 3 is 2.40 bits per heavy atom. The lowest BCUT2D eigenvalue weighted by atomic mass is 9.96. The lowest BCUT2D eigenvalue weighted by Gasteiger charge is -2.26. The van der Waals surface area contributed by atoms with Crippen LogP contribution in [0.4, 0.5) is 34.1 Å². The van der Waals surface area contributed by atoms with Crippen molar-refractivity contribution in [2.75, 3.05) is 16.8 Å². The second-order valence-electron chi connectivity index (χ2n) is 10.2. The van der Waals surface area contributed by atoms with Crippen LogP contribution in [0, 0.1) is 0 Å². The van der Waals surface area contributed by atoms with Crippen LogP contribution in [0.3, 0.4) is 0 Å². The van der Waals surface area contributed by atoms with E-state index in [1.54, 1.807) is 60.7 Å². The van der Waals surface area contributed by atoms with Gasteiger partial charge in [-0.2, -0.15) is 13.2 Å². The van der Waals surface area contributed by atoms with E-state index in [0.717, 1.165) is 11.1 Å². The maximum Gasteiger partial charge on any atom is 0.406 e. The Balaban J connectivity index is 1.28. The van der Waals surface area contributed by atoms with Gasteiger partial charge in [-0.05, 0) is 29.3 Å². The van der Waals surface area contributed by atoms with Gasteiger partial charge in [0.2, 0.25) is 6.17 Å². The summed E-state index contributed by atoms with van der Waals surface area (Å²) < 4.78 is 40.9. The number of urea groups is 2. The van der Waals surface area contributed by atoms with Crippen molar-refractivity contribution in [2.45, 2.75) is 30.7 Å². The van der Waals surface area contributed by atoms with Crippen molar-refractivity contribution in [3.63, 3.8) is 0 Å². The average Bonchev–Trinajstić information content (AvgIpc) is 3.41. The molecule has 0 saturated carbocycles. The highest BCUT2D eigenvalue weighted by atomic mass is 19.4. The first kappa shape index (κ1) is 27.0. The normalized spacial score (nSPS) is 21.2. The molecule has 0 radical (unpaired) electrons. The van der Waals surface area contributed by atoms with Crippen LogP contribution in [0.5, 0.6) is 0 Å². The number of imide groups is 1. The van der Waals surface area contributed by atoms with E-state index in [1.165, 1.54) is 12.1 Å². The Morgan fingerprint density at radius 2 is 1.69 bits per heavy atom. The Bertz CT molecular complexity index is 1660. The van der Waals surface area contributed by atoms with Gasteiger partial charge >= 0.3 is 18.2 Å². The van der Waals surface area contributed by atoms with Crippen LogP contribution < -0.4 is 26.2 Å². The van der Waals surface area contributed by atoms with Crippen molar-refractivity contribution < 1.29 is 32.3 Å². The summed E-state index contributed by atoms with van der Waals surface area (Å²) in [6.45, 7) is -1.57. The highest BCUT2D eigenvalue weighted by Crippen LogP contribution is 2.34. The minimum Gasteiger partial charge on any atom is -0.323 e. The van der Waals surface area contributed by atoms with E-state index in [-0.39, 0.29) is 24.2 Å². The van der Waals surface area contributed by atoms with Crippen molar-refractivity contribution in [1.29, 1.82) is 0 Å². The predicted octanol–water partition coefficient (Wildman–Crippen LogP) is 3.26. The molecule has 6 amide bonds. The third-order valence-corrected chi connectivity index (χ3v) is 7.32. The number of para-hydroxylation sites is 1. The number of halogens is 3. The number of fused-ring (bicyclic) bond motifs is 2. The molecule has 42 heavy (non-hydrogen) atoms. The van der Waals surface area contributed by atoms with Crippen LogP contribution in [0.15, 0.2) is 77.8 Å². The standard InChI is InChI=1S/C29H23F3N6O4/c30-29(31,32)15-38-21-9-5-4-8-20(21)22(16-6-2-1-3-7-16)34-23(24(38)39)35-26(41)33-19-11-10-17-13-28(14-18(17)12-19)25(40)36-27(42)37-28/h1-12,23H,13-15H2,(H2,33,35,41)(H2,36,37,40,42)/t23-,28?/m0/s1. The summed E-state index contributed by atoms with van der Waals surface area (Å²) in [5, 5.41) is 9.92. The molecule has 3 aromatic carbocycles. The van der Waals surface area contributed by atoms with Gasteiger partial charge in [0, 0.05) is 29.7 Å². The third-order valence-electron chi connectivity index (χ3n) is 7.32. The molecule has 2 heterocycles.